The fourth-order valence-electron chi connectivity index (χ4n) is 1.75. The van der Waals surface area contributed by atoms with Crippen molar-refractivity contribution in [2.45, 2.75) is 13.8 Å². The number of rotatable bonds is 4. The predicted molar refractivity (Wildman–Crippen MR) is 101 cm³/mol. The van der Waals surface area contributed by atoms with Gasteiger partial charge in [0.25, 0.3) is 0 Å². The Morgan fingerprint density at radius 3 is 1.31 bits per heavy atom. The SMILES string of the molecule is CCN(CC)CCN.O=c1cccccc1[O-].O=c1cccccc1[O-].[Co+3].[O-][Cl+3]([O-])([O-])[O-]. The van der Waals surface area contributed by atoms with E-state index in [1.165, 1.54) is 24.3 Å². The van der Waals surface area contributed by atoms with Gasteiger partial charge in [0.2, 0.25) is 0 Å². The molecule has 32 heavy (non-hydrogen) atoms. The second-order valence-electron chi connectivity index (χ2n) is 5.47. The minimum Gasteiger partial charge on any atom is -0.870 e. The first-order valence-electron chi connectivity index (χ1n) is 9.03. The van der Waals surface area contributed by atoms with E-state index >= 15 is 0 Å². The summed E-state index contributed by atoms with van der Waals surface area (Å²) >= 11 is 0. The van der Waals surface area contributed by atoms with E-state index in [9.17, 15) is 19.8 Å². The summed E-state index contributed by atoms with van der Waals surface area (Å²) in [7, 11) is -4.94. The number of nitrogens with two attached hydrogens (primary N) is 1. The Morgan fingerprint density at radius 2 is 1.06 bits per heavy atom. The second-order valence-corrected chi connectivity index (χ2v) is 6.23. The molecule has 0 unspecified atom stereocenters. The van der Waals surface area contributed by atoms with Crippen molar-refractivity contribution in [1.82, 2.24) is 4.90 Å². The third-order valence-electron chi connectivity index (χ3n) is 3.26. The molecule has 0 spiro atoms. The van der Waals surface area contributed by atoms with Gasteiger partial charge in [-0.3, -0.25) is 9.59 Å². The molecular weight excluding hydrogens is 491 g/mol. The zero-order valence-electron chi connectivity index (χ0n) is 17.6. The van der Waals surface area contributed by atoms with Gasteiger partial charge in [-0.1, -0.05) is 73.9 Å². The van der Waals surface area contributed by atoms with Crippen LogP contribution in [-0.2, 0) is 16.8 Å². The first-order valence-corrected chi connectivity index (χ1v) is 10.3. The summed E-state index contributed by atoms with van der Waals surface area (Å²) in [6, 6.07) is 14.5. The molecule has 0 radical (unpaired) electrons. The van der Waals surface area contributed by atoms with Gasteiger partial charge in [0, 0.05) is 13.1 Å². The molecule has 180 valence electrons. The van der Waals surface area contributed by atoms with Gasteiger partial charge in [-0.15, -0.1) is 10.2 Å². The fourth-order valence-corrected chi connectivity index (χ4v) is 1.75. The molecule has 2 N–H and O–H groups in total. The molecule has 0 aliphatic rings. The van der Waals surface area contributed by atoms with Crippen LogP contribution in [0.25, 0.3) is 0 Å². The number of likely N-dealkylation sites (N-methyl/N-ethyl adjacent to an activating group) is 1. The first-order chi connectivity index (χ1) is 14.5. The first kappa shape index (κ1) is 34.5. The van der Waals surface area contributed by atoms with Crippen LogP contribution in [0.15, 0.2) is 70.3 Å². The molecule has 0 saturated carbocycles. The number of nitrogens with zero attached hydrogens (tertiary/aromatic N) is 1. The molecule has 2 rings (SSSR count). The summed E-state index contributed by atoms with van der Waals surface area (Å²) in [6.07, 6.45) is 0. The molecular formula is C20H26ClCoN2O8. The van der Waals surface area contributed by atoms with Gasteiger partial charge in [0.1, 0.15) is 0 Å². The Balaban J connectivity index is -0.000000355. The van der Waals surface area contributed by atoms with E-state index in [0.717, 1.165) is 26.2 Å². The van der Waals surface area contributed by atoms with Gasteiger partial charge in [-0.25, -0.2) is 18.6 Å². The van der Waals surface area contributed by atoms with Crippen LogP contribution in [0.5, 0.6) is 11.5 Å². The zero-order chi connectivity index (χ0) is 24.3. The van der Waals surface area contributed by atoms with Gasteiger partial charge in [0.05, 0.1) is 0 Å². The van der Waals surface area contributed by atoms with Crippen LogP contribution in [0.2, 0.25) is 0 Å². The largest absolute Gasteiger partial charge is 3.00 e. The Hall–Kier alpha value is -2.06. The molecule has 0 fully saturated rings. The van der Waals surface area contributed by atoms with E-state index in [0.29, 0.717) is 0 Å². The van der Waals surface area contributed by atoms with E-state index in [1.807, 2.05) is 0 Å². The minimum atomic E-state index is -4.94. The average Bonchev–Trinajstić information content (AvgIpc) is 3.00. The summed E-state index contributed by atoms with van der Waals surface area (Å²) in [5.41, 5.74) is 4.42. The van der Waals surface area contributed by atoms with Crippen molar-refractivity contribution in [3.8, 4) is 11.5 Å². The molecule has 0 aliphatic carbocycles. The van der Waals surface area contributed by atoms with Gasteiger partial charge >= 0.3 is 16.8 Å². The molecule has 2 aromatic rings. The number of hydrogen-bond acceptors (Lipinski definition) is 10. The van der Waals surface area contributed by atoms with Crippen LogP contribution in [0.3, 0.4) is 0 Å². The van der Waals surface area contributed by atoms with E-state index in [4.69, 9.17) is 24.4 Å². The fraction of sp³-hybridized carbons (Fsp3) is 0.300. The predicted octanol–water partition coefficient (Wildman–Crippen LogP) is -4.23. The van der Waals surface area contributed by atoms with E-state index in [2.05, 4.69) is 18.7 Å². The molecule has 10 nitrogen and oxygen atoms in total. The monoisotopic (exact) mass is 516 g/mol. The van der Waals surface area contributed by atoms with Crippen molar-refractivity contribution in [2.75, 3.05) is 26.2 Å². The number of hydrogen-bond donors (Lipinski definition) is 1. The molecule has 0 saturated heterocycles. The van der Waals surface area contributed by atoms with Crippen LogP contribution >= 0.6 is 0 Å². The van der Waals surface area contributed by atoms with Crippen molar-refractivity contribution >= 4 is 0 Å². The summed E-state index contributed by atoms with van der Waals surface area (Å²) < 4.78 is 34.0. The number of halogens is 1. The Kier molecular flexibility index (Phi) is 22.5. The smallest absolute Gasteiger partial charge is 0.870 e. The molecule has 0 bridgehead atoms. The van der Waals surface area contributed by atoms with Crippen LogP contribution in [0.4, 0.5) is 0 Å². The Labute approximate surface area is 199 Å². The molecule has 0 atom stereocenters. The van der Waals surface area contributed by atoms with Crippen LogP contribution < -0.4 is 45.4 Å². The Bertz CT molecular complexity index is 774. The summed E-state index contributed by atoms with van der Waals surface area (Å²) in [6.45, 7) is 8.36. The van der Waals surface area contributed by atoms with Crippen molar-refractivity contribution in [3.05, 3.63) is 81.1 Å². The summed E-state index contributed by atoms with van der Waals surface area (Å²) in [4.78, 5) is 23.3. The van der Waals surface area contributed by atoms with E-state index in [-0.39, 0.29) is 16.8 Å². The van der Waals surface area contributed by atoms with E-state index < -0.39 is 32.6 Å². The summed E-state index contributed by atoms with van der Waals surface area (Å²) in [5.74, 6) is -0.917. The minimum absolute atomic E-state index is 0. The molecule has 0 heterocycles. The zero-order valence-corrected chi connectivity index (χ0v) is 19.4. The third-order valence-corrected chi connectivity index (χ3v) is 3.26. The van der Waals surface area contributed by atoms with E-state index in [1.54, 1.807) is 36.4 Å². The molecule has 0 aromatic heterocycles. The van der Waals surface area contributed by atoms with Gasteiger partial charge in [-0.2, -0.15) is 0 Å². The van der Waals surface area contributed by atoms with Crippen molar-refractivity contribution in [2.24, 2.45) is 5.73 Å². The second kappa shape index (κ2) is 20.8. The standard InChI is InChI=1S/2C7H6O2.C6H16N2.ClHO4.Co/c2*8-6-4-2-1-3-5-7(6)9;1-3-8(4-2)6-5-7;2-1(3,4)5;/h2*1-5H,(H,8,9);3-7H2,1-2H3;(H,2,3,4,5);/q;;;;+3/p-3. The maximum Gasteiger partial charge on any atom is 3.00 e. The molecule has 2 aromatic carbocycles. The van der Waals surface area contributed by atoms with Gasteiger partial charge in [0.15, 0.2) is 10.9 Å². The average molecular weight is 517 g/mol. The van der Waals surface area contributed by atoms with Gasteiger partial charge in [-0.05, 0) is 25.2 Å². The van der Waals surface area contributed by atoms with Crippen LogP contribution in [0.1, 0.15) is 13.8 Å². The summed E-state index contributed by atoms with van der Waals surface area (Å²) in [5, 5.41) is 21.0. The van der Waals surface area contributed by atoms with Crippen LogP contribution in [-0.4, -0.2) is 31.1 Å². The Morgan fingerprint density at radius 1 is 0.750 bits per heavy atom. The third kappa shape index (κ3) is 24.2. The van der Waals surface area contributed by atoms with Gasteiger partial charge < -0.3 is 20.8 Å². The maximum atomic E-state index is 10.5. The van der Waals surface area contributed by atoms with Crippen LogP contribution in [0, 0.1) is 10.2 Å². The normalized spacial score (nSPS) is 9.50. The van der Waals surface area contributed by atoms with Crippen molar-refractivity contribution in [1.29, 1.82) is 0 Å². The topological polar surface area (TPSA) is 202 Å². The molecule has 0 amide bonds. The quantitative estimate of drug-likeness (QED) is 0.414. The molecule has 12 heteroatoms. The molecule has 0 aliphatic heterocycles. The van der Waals surface area contributed by atoms with Crippen molar-refractivity contribution < 1.29 is 55.9 Å². The maximum absolute atomic E-state index is 10.5. The van der Waals surface area contributed by atoms with Crippen molar-refractivity contribution in [3.63, 3.8) is 0 Å².